The summed E-state index contributed by atoms with van der Waals surface area (Å²) in [6.07, 6.45) is 3.48. The van der Waals surface area contributed by atoms with E-state index in [1.807, 2.05) is 16.7 Å². The van der Waals surface area contributed by atoms with Gasteiger partial charge in [-0.25, -0.2) is 13.8 Å². The van der Waals surface area contributed by atoms with E-state index in [2.05, 4.69) is 5.16 Å². The van der Waals surface area contributed by atoms with Crippen LogP contribution < -0.4 is 10.1 Å². The van der Waals surface area contributed by atoms with E-state index in [9.17, 15) is 9.18 Å². The Balaban J connectivity index is 1.97. The van der Waals surface area contributed by atoms with Gasteiger partial charge in [0.05, 0.1) is 22.5 Å². The maximum atomic E-state index is 13.4. The smallest absolute Gasteiger partial charge is 0.350 e. The highest BCUT2D eigenvalue weighted by atomic mass is 35.5. The standard InChI is InChI=1S/C20H16ClFN3O2/c1-12-19(13(2)27-23-12)16-11-24(10-14-6-7-15(22)9-17(14)21)18-5-3-4-8-25(18)20(16)26/h3-9,11H,10H2,1-2H3/q+1. The second kappa shape index (κ2) is 6.63. The van der Waals surface area contributed by atoms with Gasteiger partial charge in [-0.15, -0.1) is 0 Å². The van der Waals surface area contributed by atoms with Crippen LogP contribution in [0.5, 0.6) is 0 Å². The Kier molecular flexibility index (Phi) is 4.28. The molecule has 0 aliphatic rings. The molecular weight excluding hydrogens is 369 g/mol. The molecule has 0 amide bonds. The number of nitrogens with zero attached hydrogens (tertiary/aromatic N) is 3. The highest BCUT2D eigenvalue weighted by molar-refractivity contribution is 6.31. The first-order valence-corrected chi connectivity index (χ1v) is 8.74. The van der Waals surface area contributed by atoms with Crippen molar-refractivity contribution in [3.63, 3.8) is 0 Å². The Morgan fingerprint density at radius 1 is 1.26 bits per heavy atom. The molecule has 3 aromatic heterocycles. The first-order chi connectivity index (χ1) is 13.0. The van der Waals surface area contributed by atoms with Gasteiger partial charge in [0.1, 0.15) is 29.9 Å². The third-order valence-corrected chi connectivity index (χ3v) is 4.88. The van der Waals surface area contributed by atoms with E-state index in [0.717, 1.165) is 5.56 Å². The number of pyridine rings is 1. The van der Waals surface area contributed by atoms with E-state index >= 15 is 0 Å². The zero-order chi connectivity index (χ0) is 19.1. The molecule has 0 atom stereocenters. The van der Waals surface area contributed by atoms with Gasteiger partial charge in [0.25, 0.3) is 5.65 Å². The molecule has 0 radical (unpaired) electrons. The summed E-state index contributed by atoms with van der Waals surface area (Å²) in [7, 11) is 0. The van der Waals surface area contributed by atoms with Crippen molar-refractivity contribution in [3.8, 4) is 11.1 Å². The predicted octanol–water partition coefficient (Wildman–Crippen LogP) is 3.70. The molecule has 27 heavy (non-hydrogen) atoms. The van der Waals surface area contributed by atoms with Gasteiger partial charge in [-0.05, 0) is 32.0 Å². The number of halogens is 2. The molecule has 5 nitrogen and oxygen atoms in total. The zero-order valence-corrected chi connectivity index (χ0v) is 15.5. The summed E-state index contributed by atoms with van der Waals surface area (Å²) < 4.78 is 22.1. The molecular formula is C20H16ClFN3O2+. The second-order valence-electron chi connectivity index (χ2n) is 6.34. The van der Waals surface area contributed by atoms with Crippen molar-refractivity contribution in [2.75, 3.05) is 0 Å². The van der Waals surface area contributed by atoms with E-state index < -0.39 is 0 Å². The van der Waals surface area contributed by atoms with Gasteiger partial charge in [-0.2, -0.15) is 4.40 Å². The summed E-state index contributed by atoms with van der Waals surface area (Å²) in [6.45, 7) is 3.95. The Morgan fingerprint density at radius 2 is 2.07 bits per heavy atom. The van der Waals surface area contributed by atoms with Crippen molar-refractivity contribution in [2.24, 2.45) is 0 Å². The summed E-state index contributed by atoms with van der Waals surface area (Å²) in [5.74, 6) is 0.186. The number of fused-ring (bicyclic) bond motifs is 1. The molecule has 0 N–H and O–H groups in total. The Bertz CT molecular complexity index is 1210. The number of benzene rings is 1. The van der Waals surface area contributed by atoms with Crippen molar-refractivity contribution in [2.45, 2.75) is 20.4 Å². The lowest BCUT2D eigenvalue weighted by atomic mass is 10.1. The molecule has 136 valence electrons. The maximum Gasteiger partial charge on any atom is 0.350 e. The van der Waals surface area contributed by atoms with Crippen LogP contribution in [0.15, 0.2) is 58.1 Å². The molecule has 7 heteroatoms. The van der Waals surface area contributed by atoms with Gasteiger partial charge in [-0.3, -0.25) is 0 Å². The number of hydrogen-bond donors (Lipinski definition) is 0. The summed E-state index contributed by atoms with van der Waals surface area (Å²) in [5, 5.41) is 4.29. The molecule has 1 aromatic carbocycles. The van der Waals surface area contributed by atoms with Gasteiger partial charge in [0.2, 0.25) is 0 Å². The molecule has 0 unspecified atom stereocenters. The lowest BCUT2D eigenvalue weighted by Crippen LogP contribution is -2.40. The van der Waals surface area contributed by atoms with Crippen molar-refractivity contribution in [1.29, 1.82) is 0 Å². The predicted molar refractivity (Wildman–Crippen MR) is 99.3 cm³/mol. The lowest BCUT2D eigenvalue weighted by molar-refractivity contribution is -0.665. The van der Waals surface area contributed by atoms with E-state index in [-0.39, 0.29) is 11.4 Å². The van der Waals surface area contributed by atoms with Crippen LogP contribution in [0.4, 0.5) is 4.39 Å². The second-order valence-corrected chi connectivity index (χ2v) is 6.75. The maximum absolute atomic E-state index is 13.4. The molecule has 0 spiro atoms. The first-order valence-electron chi connectivity index (χ1n) is 8.36. The van der Waals surface area contributed by atoms with Gasteiger partial charge in [0.15, 0.2) is 0 Å². The largest absolute Gasteiger partial charge is 0.361 e. The molecule has 0 aliphatic heterocycles. The van der Waals surface area contributed by atoms with Crippen molar-refractivity contribution >= 4 is 17.2 Å². The third-order valence-electron chi connectivity index (χ3n) is 4.53. The summed E-state index contributed by atoms with van der Waals surface area (Å²) in [4.78, 5) is 13.1. The van der Waals surface area contributed by atoms with E-state index in [1.54, 1.807) is 42.8 Å². The molecule has 0 aliphatic carbocycles. The molecule has 3 heterocycles. The summed E-state index contributed by atoms with van der Waals surface area (Å²) in [5.41, 5.74) is 3.08. The fourth-order valence-corrected chi connectivity index (χ4v) is 3.47. The molecule has 0 bridgehead atoms. The molecule has 4 rings (SSSR count). The molecule has 0 saturated carbocycles. The van der Waals surface area contributed by atoms with Crippen LogP contribution in [-0.2, 0) is 6.54 Å². The van der Waals surface area contributed by atoms with Crippen molar-refractivity contribution in [1.82, 2.24) is 9.56 Å². The van der Waals surface area contributed by atoms with E-state index in [0.29, 0.717) is 39.8 Å². The zero-order valence-electron chi connectivity index (χ0n) is 14.7. The highest BCUT2D eigenvalue weighted by Gasteiger charge is 2.23. The highest BCUT2D eigenvalue weighted by Crippen LogP contribution is 2.24. The third kappa shape index (κ3) is 3.02. The van der Waals surface area contributed by atoms with E-state index in [4.69, 9.17) is 16.1 Å². The van der Waals surface area contributed by atoms with Crippen LogP contribution >= 0.6 is 11.6 Å². The SMILES string of the molecule is Cc1noc(C)c1-c1c[n+](Cc2ccc(F)cc2Cl)c2ccccn2c1=O. The normalized spacial score (nSPS) is 11.3. The van der Waals surface area contributed by atoms with Crippen LogP contribution in [0, 0.1) is 19.7 Å². The fraction of sp³-hybridized carbons (Fsp3) is 0.150. The minimum atomic E-state index is -0.390. The molecule has 0 fully saturated rings. The van der Waals surface area contributed by atoms with Crippen LogP contribution in [-0.4, -0.2) is 9.56 Å². The first kappa shape index (κ1) is 17.4. The molecule has 0 saturated heterocycles. The van der Waals surface area contributed by atoms with Gasteiger partial charge >= 0.3 is 5.56 Å². The quantitative estimate of drug-likeness (QED) is 0.506. The fourth-order valence-electron chi connectivity index (χ4n) is 3.25. The Hall–Kier alpha value is -2.99. The monoisotopic (exact) mass is 384 g/mol. The Morgan fingerprint density at radius 3 is 2.78 bits per heavy atom. The van der Waals surface area contributed by atoms with Gasteiger partial charge < -0.3 is 4.52 Å². The minimum Gasteiger partial charge on any atom is -0.361 e. The van der Waals surface area contributed by atoms with Crippen LogP contribution in [0.2, 0.25) is 5.02 Å². The van der Waals surface area contributed by atoms with Crippen molar-refractivity contribution in [3.05, 3.63) is 87.0 Å². The number of hydrogen-bond acceptors (Lipinski definition) is 3. The van der Waals surface area contributed by atoms with Crippen LogP contribution in [0.25, 0.3) is 16.8 Å². The number of aryl methyl sites for hydroxylation is 2. The topological polar surface area (TPSA) is 51.4 Å². The van der Waals surface area contributed by atoms with Crippen LogP contribution in [0.1, 0.15) is 17.0 Å². The van der Waals surface area contributed by atoms with Gasteiger partial charge in [-0.1, -0.05) is 28.9 Å². The lowest BCUT2D eigenvalue weighted by Gasteiger charge is -2.08. The summed E-state index contributed by atoms with van der Waals surface area (Å²) in [6, 6.07) is 9.78. The van der Waals surface area contributed by atoms with Gasteiger partial charge in [0, 0.05) is 11.6 Å². The minimum absolute atomic E-state index is 0.165. The average Bonchev–Trinajstić information content (AvgIpc) is 2.98. The summed E-state index contributed by atoms with van der Waals surface area (Å²) >= 11 is 6.20. The van der Waals surface area contributed by atoms with Crippen LogP contribution in [0.3, 0.4) is 0 Å². The van der Waals surface area contributed by atoms with Crippen molar-refractivity contribution < 1.29 is 13.5 Å². The Labute approximate surface area is 159 Å². The number of aromatic nitrogens is 3. The average molecular weight is 385 g/mol. The number of rotatable bonds is 3. The molecule has 4 aromatic rings. The van der Waals surface area contributed by atoms with E-state index in [1.165, 1.54) is 12.1 Å².